The van der Waals surface area contributed by atoms with Gasteiger partial charge in [-0.05, 0) is 36.4 Å². The predicted molar refractivity (Wildman–Crippen MR) is 80.8 cm³/mol. The van der Waals surface area contributed by atoms with Gasteiger partial charge < -0.3 is 15.2 Å². The van der Waals surface area contributed by atoms with Gasteiger partial charge in [-0.3, -0.25) is 4.40 Å². The topological polar surface area (TPSA) is 90.5 Å². The van der Waals surface area contributed by atoms with Gasteiger partial charge >= 0.3 is 0 Å². The lowest BCUT2D eigenvalue weighted by Crippen LogP contribution is -1.93. The minimum atomic E-state index is 0.249. The maximum absolute atomic E-state index is 5.90. The lowest BCUT2D eigenvalue weighted by Gasteiger charge is -2.02. The number of imidazole rings is 1. The summed E-state index contributed by atoms with van der Waals surface area (Å²) in [6.45, 7) is 0.249. The number of nitrogen functional groups attached to an aromatic ring is 1. The van der Waals surface area contributed by atoms with Crippen LogP contribution in [0.4, 0.5) is 5.69 Å². The van der Waals surface area contributed by atoms with Crippen molar-refractivity contribution in [1.29, 1.82) is 0 Å². The van der Waals surface area contributed by atoms with Gasteiger partial charge in [-0.15, -0.1) is 0 Å². The molecule has 0 spiro atoms. The number of fused-ring (bicyclic) bond motifs is 4. The Labute approximate surface area is 124 Å². The second-order valence-corrected chi connectivity index (χ2v) is 5.13. The molecule has 0 fully saturated rings. The lowest BCUT2D eigenvalue weighted by atomic mass is 10.2. The number of ether oxygens (including phenoxy) is 2. The summed E-state index contributed by atoms with van der Waals surface area (Å²) in [4.78, 5) is 4.51. The molecule has 5 rings (SSSR count). The van der Waals surface area contributed by atoms with Crippen LogP contribution >= 0.6 is 0 Å². The third-order valence-corrected chi connectivity index (χ3v) is 3.78. The molecule has 108 valence electrons. The van der Waals surface area contributed by atoms with E-state index in [4.69, 9.17) is 15.2 Å². The monoisotopic (exact) mass is 293 g/mol. The quantitative estimate of drug-likeness (QED) is 0.525. The molecule has 0 aliphatic carbocycles. The maximum Gasteiger partial charge on any atom is 0.231 e. The van der Waals surface area contributed by atoms with Crippen molar-refractivity contribution in [3.05, 3.63) is 36.4 Å². The Morgan fingerprint density at radius 3 is 2.95 bits per heavy atom. The number of aromatic amines is 1. The molecule has 3 N–H and O–H groups in total. The van der Waals surface area contributed by atoms with Crippen molar-refractivity contribution >= 4 is 22.5 Å². The zero-order valence-electron chi connectivity index (χ0n) is 11.4. The number of hydrogen-bond acceptors (Lipinski definition) is 5. The largest absolute Gasteiger partial charge is 0.454 e. The molecule has 1 aliphatic rings. The Bertz CT molecular complexity index is 1030. The van der Waals surface area contributed by atoms with E-state index in [-0.39, 0.29) is 6.79 Å². The van der Waals surface area contributed by atoms with Crippen molar-refractivity contribution in [1.82, 2.24) is 19.6 Å². The Hall–Kier alpha value is -3.22. The zero-order chi connectivity index (χ0) is 14.7. The van der Waals surface area contributed by atoms with Gasteiger partial charge in [0.1, 0.15) is 0 Å². The van der Waals surface area contributed by atoms with Crippen molar-refractivity contribution in [2.75, 3.05) is 12.5 Å². The molecule has 0 unspecified atom stereocenters. The number of rotatable bonds is 1. The average Bonchev–Trinajstić information content (AvgIpc) is 3.20. The molecule has 2 aromatic carbocycles. The van der Waals surface area contributed by atoms with Crippen molar-refractivity contribution in [3.63, 3.8) is 0 Å². The van der Waals surface area contributed by atoms with E-state index in [0.29, 0.717) is 11.5 Å². The van der Waals surface area contributed by atoms with Gasteiger partial charge in [0, 0.05) is 11.3 Å². The maximum atomic E-state index is 5.90. The summed E-state index contributed by atoms with van der Waals surface area (Å²) in [5.41, 5.74) is 9.28. The highest BCUT2D eigenvalue weighted by molar-refractivity contribution is 5.84. The molecule has 2 aromatic heterocycles. The van der Waals surface area contributed by atoms with Crippen molar-refractivity contribution in [2.24, 2.45) is 0 Å². The number of benzene rings is 2. The van der Waals surface area contributed by atoms with E-state index in [9.17, 15) is 0 Å². The van der Waals surface area contributed by atoms with Gasteiger partial charge in [-0.2, -0.15) is 5.10 Å². The van der Waals surface area contributed by atoms with Crippen LogP contribution in [0.5, 0.6) is 11.5 Å². The highest BCUT2D eigenvalue weighted by Crippen LogP contribution is 2.36. The number of H-pyrrole nitrogens is 1. The standard InChI is InChI=1S/C15H11N5O2/c16-9-2-3-10-11(6-9)20-14(18-19-15(20)17-10)8-1-4-12-13(5-8)22-7-21-12/h1-6H,7,16H2,(H,17,19). The third-order valence-electron chi connectivity index (χ3n) is 3.78. The van der Waals surface area contributed by atoms with Gasteiger partial charge in [0.2, 0.25) is 12.6 Å². The van der Waals surface area contributed by atoms with Crippen molar-refractivity contribution < 1.29 is 9.47 Å². The second kappa shape index (κ2) is 3.91. The molecule has 0 saturated carbocycles. The van der Waals surface area contributed by atoms with Crippen LogP contribution in [0, 0.1) is 0 Å². The van der Waals surface area contributed by atoms with Gasteiger partial charge in [0.05, 0.1) is 11.0 Å². The van der Waals surface area contributed by atoms with Crippen LogP contribution in [0.15, 0.2) is 36.4 Å². The number of aromatic nitrogens is 4. The summed E-state index contributed by atoms with van der Waals surface area (Å²) in [5, 5.41) is 7.32. The zero-order valence-corrected chi connectivity index (χ0v) is 11.4. The van der Waals surface area contributed by atoms with Crippen LogP contribution < -0.4 is 15.2 Å². The normalized spacial score (nSPS) is 13.3. The first-order valence-corrected chi connectivity index (χ1v) is 6.82. The minimum Gasteiger partial charge on any atom is -0.454 e. The number of anilines is 1. The Kier molecular flexibility index (Phi) is 2.03. The molecule has 22 heavy (non-hydrogen) atoms. The number of nitrogens with two attached hydrogens (primary N) is 1. The fourth-order valence-electron chi connectivity index (χ4n) is 2.76. The first-order chi connectivity index (χ1) is 10.8. The summed E-state index contributed by atoms with van der Waals surface area (Å²) < 4.78 is 12.7. The Morgan fingerprint density at radius 2 is 2.00 bits per heavy atom. The van der Waals surface area contributed by atoms with E-state index in [1.807, 2.05) is 40.8 Å². The minimum absolute atomic E-state index is 0.249. The SMILES string of the molecule is Nc1ccc2nc3[nH]nc(-c4ccc5c(c4)OCO5)n3c2c1. The van der Waals surface area contributed by atoms with E-state index < -0.39 is 0 Å². The molecule has 7 heteroatoms. The molecular formula is C15H11N5O2. The molecule has 0 bridgehead atoms. The number of nitrogens with zero attached hydrogens (tertiary/aromatic N) is 3. The molecule has 0 radical (unpaired) electrons. The fraction of sp³-hybridized carbons (Fsp3) is 0.0667. The molecule has 0 amide bonds. The van der Waals surface area contributed by atoms with Crippen LogP contribution in [0.2, 0.25) is 0 Å². The fourth-order valence-corrected chi connectivity index (χ4v) is 2.76. The smallest absolute Gasteiger partial charge is 0.231 e. The average molecular weight is 293 g/mol. The van der Waals surface area contributed by atoms with E-state index in [0.717, 1.165) is 33.9 Å². The third kappa shape index (κ3) is 1.44. The summed E-state index contributed by atoms with van der Waals surface area (Å²) >= 11 is 0. The molecule has 7 nitrogen and oxygen atoms in total. The molecule has 4 aromatic rings. The van der Waals surface area contributed by atoms with Gasteiger partial charge in [0.15, 0.2) is 17.3 Å². The first kappa shape index (κ1) is 11.4. The molecule has 0 saturated heterocycles. The van der Waals surface area contributed by atoms with Gasteiger partial charge in [-0.25, -0.2) is 10.1 Å². The van der Waals surface area contributed by atoms with Crippen LogP contribution in [-0.4, -0.2) is 26.4 Å². The van der Waals surface area contributed by atoms with Gasteiger partial charge in [-0.1, -0.05) is 0 Å². The predicted octanol–water partition coefficient (Wildman–Crippen LogP) is 2.19. The van der Waals surface area contributed by atoms with Crippen LogP contribution in [0.3, 0.4) is 0 Å². The molecule has 3 heterocycles. The van der Waals surface area contributed by atoms with E-state index in [1.165, 1.54) is 0 Å². The second-order valence-electron chi connectivity index (χ2n) is 5.13. The van der Waals surface area contributed by atoms with Crippen molar-refractivity contribution in [2.45, 2.75) is 0 Å². The summed E-state index contributed by atoms with van der Waals surface area (Å²) in [6.07, 6.45) is 0. The molecule has 1 aliphatic heterocycles. The first-order valence-electron chi connectivity index (χ1n) is 6.82. The van der Waals surface area contributed by atoms with E-state index in [2.05, 4.69) is 15.2 Å². The highest BCUT2D eigenvalue weighted by Gasteiger charge is 2.18. The summed E-state index contributed by atoms with van der Waals surface area (Å²) in [5.74, 6) is 2.89. The number of hydrogen-bond donors (Lipinski definition) is 2. The highest BCUT2D eigenvalue weighted by atomic mass is 16.7. The van der Waals surface area contributed by atoms with Crippen LogP contribution in [0.25, 0.3) is 28.2 Å². The van der Waals surface area contributed by atoms with E-state index >= 15 is 0 Å². The van der Waals surface area contributed by atoms with E-state index in [1.54, 1.807) is 0 Å². The lowest BCUT2D eigenvalue weighted by molar-refractivity contribution is 0.174. The van der Waals surface area contributed by atoms with Crippen molar-refractivity contribution in [3.8, 4) is 22.9 Å². The van der Waals surface area contributed by atoms with Gasteiger partial charge in [0.25, 0.3) is 0 Å². The molecular weight excluding hydrogens is 282 g/mol. The van der Waals surface area contributed by atoms with Crippen LogP contribution in [0.1, 0.15) is 0 Å². The summed E-state index contributed by atoms with van der Waals surface area (Å²) in [7, 11) is 0. The number of nitrogens with one attached hydrogen (secondary N) is 1. The van der Waals surface area contributed by atoms with Crippen LogP contribution in [-0.2, 0) is 0 Å². The Balaban J connectivity index is 1.80. The Morgan fingerprint density at radius 1 is 1.09 bits per heavy atom. The summed E-state index contributed by atoms with van der Waals surface area (Å²) in [6, 6.07) is 11.4. The molecule has 0 atom stereocenters.